The molecule has 0 saturated carbocycles. The van der Waals surface area contributed by atoms with Gasteiger partial charge in [0, 0.05) is 32.2 Å². The lowest BCUT2D eigenvalue weighted by molar-refractivity contribution is 0.204. The third kappa shape index (κ3) is 9.05. The molecule has 0 amide bonds. The highest BCUT2D eigenvalue weighted by Gasteiger charge is 2.16. The number of benzene rings is 2. The average molecular weight is 575 g/mol. The Labute approximate surface area is 209 Å². The molecule has 2 aromatic carbocycles. The molecule has 0 radical (unpaired) electrons. The fraction of sp³-hybridized carbons (Fsp3) is 0.435. The lowest BCUT2D eigenvalue weighted by Gasteiger charge is -2.24. The molecule has 0 saturated heterocycles. The Morgan fingerprint density at radius 2 is 1.81 bits per heavy atom. The van der Waals surface area contributed by atoms with Crippen LogP contribution in [-0.4, -0.2) is 47.2 Å². The lowest BCUT2D eigenvalue weighted by atomic mass is 9.94. The fourth-order valence-corrected chi connectivity index (χ4v) is 4.13. The van der Waals surface area contributed by atoms with E-state index in [1.54, 1.807) is 18.2 Å². The van der Waals surface area contributed by atoms with Crippen LogP contribution in [-0.2, 0) is 21.3 Å². The number of hydrogen-bond donors (Lipinski definition) is 3. The van der Waals surface area contributed by atoms with Gasteiger partial charge in [0.2, 0.25) is 10.0 Å². The first kappa shape index (κ1) is 28.3. The molecule has 2 aromatic rings. The molecule has 178 valence electrons. The first-order chi connectivity index (χ1) is 14.9. The third-order valence-corrected chi connectivity index (χ3v) is 6.47. The number of ether oxygens (including phenoxy) is 1. The minimum atomic E-state index is -3.57. The third-order valence-electron chi connectivity index (χ3n) is 5.01. The van der Waals surface area contributed by atoms with E-state index in [2.05, 4.69) is 46.3 Å². The van der Waals surface area contributed by atoms with Crippen LogP contribution >= 0.6 is 24.0 Å². The summed E-state index contributed by atoms with van der Waals surface area (Å²) < 4.78 is 32.3. The number of hydrogen-bond acceptors (Lipinski definition) is 4. The highest BCUT2D eigenvalue weighted by Crippen LogP contribution is 2.18. The van der Waals surface area contributed by atoms with E-state index in [0.29, 0.717) is 25.0 Å². The van der Waals surface area contributed by atoms with Crippen LogP contribution in [0.1, 0.15) is 37.8 Å². The number of aliphatic imine (C=N–C) groups is 1. The Morgan fingerprint density at radius 3 is 2.47 bits per heavy atom. The van der Waals surface area contributed by atoms with Crippen molar-refractivity contribution >= 4 is 40.0 Å². The van der Waals surface area contributed by atoms with E-state index in [-0.39, 0.29) is 41.5 Å². The quantitative estimate of drug-likeness (QED) is 0.166. The first-order valence-electron chi connectivity index (χ1n) is 10.5. The molecule has 7 nitrogen and oxygen atoms in total. The lowest BCUT2D eigenvalue weighted by Crippen LogP contribution is -2.44. The number of halogens is 1. The van der Waals surface area contributed by atoms with Crippen molar-refractivity contribution in [1.82, 2.24) is 15.4 Å². The molecule has 9 heteroatoms. The zero-order valence-electron chi connectivity index (χ0n) is 19.2. The van der Waals surface area contributed by atoms with E-state index in [1.807, 2.05) is 31.2 Å². The summed E-state index contributed by atoms with van der Waals surface area (Å²) in [5.74, 6) is 1.00. The van der Waals surface area contributed by atoms with Crippen LogP contribution in [0.5, 0.6) is 0 Å². The maximum absolute atomic E-state index is 12.4. The monoisotopic (exact) mass is 574 g/mol. The van der Waals surface area contributed by atoms with Crippen LogP contribution < -0.4 is 15.4 Å². The Bertz CT molecular complexity index is 939. The van der Waals surface area contributed by atoms with Gasteiger partial charge in [-0.15, -0.1) is 24.0 Å². The number of sulfonamides is 1. The normalized spacial score (nSPS) is 13.7. The molecule has 0 aliphatic carbocycles. The zero-order chi connectivity index (χ0) is 22.7. The second kappa shape index (κ2) is 14.5. The summed E-state index contributed by atoms with van der Waals surface area (Å²) in [4.78, 5) is 4.88. The Balaban J connectivity index is 0.00000512. The molecule has 3 N–H and O–H groups in total. The van der Waals surface area contributed by atoms with Gasteiger partial charge in [-0.3, -0.25) is 0 Å². The molecular weight excluding hydrogens is 539 g/mol. The first-order valence-corrected chi connectivity index (χ1v) is 12.0. The summed E-state index contributed by atoms with van der Waals surface area (Å²) in [6, 6.07) is 17.4. The molecule has 0 bridgehead atoms. The van der Waals surface area contributed by atoms with Crippen LogP contribution in [0, 0.1) is 0 Å². The van der Waals surface area contributed by atoms with Gasteiger partial charge in [-0.05, 0) is 37.1 Å². The molecule has 0 aliphatic heterocycles. The van der Waals surface area contributed by atoms with Crippen LogP contribution in [0.3, 0.4) is 0 Å². The van der Waals surface area contributed by atoms with Gasteiger partial charge in [-0.25, -0.2) is 18.1 Å². The van der Waals surface area contributed by atoms with Gasteiger partial charge >= 0.3 is 0 Å². The van der Waals surface area contributed by atoms with Crippen molar-refractivity contribution in [2.75, 3.05) is 26.8 Å². The Hall–Kier alpha value is -1.69. The molecule has 0 heterocycles. The number of methoxy groups -OCH3 is 1. The SMILES string of the molecule is CCNC(=NCc1cccc(S(=O)(=O)NCCOC)c1)NC(C)C(C)c1ccccc1.I. The second-order valence-corrected chi connectivity index (χ2v) is 9.13. The van der Waals surface area contributed by atoms with Gasteiger partial charge < -0.3 is 15.4 Å². The molecule has 0 aromatic heterocycles. The van der Waals surface area contributed by atoms with Crippen molar-refractivity contribution < 1.29 is 13.2 Å². The van der Waals surface area contributed by atoms with Crippen molar-refractivity contribution in [3.05, 3.63) is 65.7 Å². The van der Waals surface area contributed by atoms with Crippen molar-refractivity contribution in [2.24, 2.45) is 4.99 Å². The zero-order valence-corrected chi connectivity index (χ0v) is 22.3. The standard InChI is InChI=1S/C23H34N4O3S.HI/c1-5-24-23(27-19(3)18(2)21-11-7-6-8-12-21)25-17-20-10-9-13-22(16-20)31(28,29)26-14-15-30-4;/h6-13,16,18-19,26H,5,14-15,17H2,1-4H3,(H2,24,25,27);1H. The molecule has 2 unspecified atom stereocenters. The molecule has 0 aliphatic rings. The van der Waals surface area contributed by atoms with Gasteiger partial charge in [0.25, 0.3) is 0 Å². The number of guanidine groups is 1. The van der Waals surface area contributed by atoms with E-state index in [9.17, 15) is 8.42 Å². The summed E-state index contributed by atoms with van der Waals surface area (Å²) in [7, 11) is -2.04. The van der Waals surface area contributed by atoms with Crippen LogP contribution in [0.4, 0.5) is 0 Å². The van der Waals surface area contributed by atoms with Gasteiger partial charge in [0.15, 0.2) is 5.96 Å². The second-order valence-electron chi connectivity index (χ2n) is 7.37. The van der Waals surface area contributed by atoms with Crippen molar-refractivity contribution in [1.29, 1.82) is 0 Å². The average Bonchev–Trinajstić information content (AvgIpc) is 2.78. The van der Waals surface area contributed by atoms with Gasteiger partial charge in [0.1, 0.15) is 0 Å². The van der Waals surface area contributed by atoms with Crippen molar-refractivity contribution in [2.45, 2.75) is 44.2 Å². The van der Waals surface area contributed by atoms with Crippen molar-refractivity contribution in [3.8, 4) is 0 Å². The van der Waals surface area contributed by atoms with Gasteiger partial charge in [0.05, 0.1) is 18.0 Å². The Morgan fingerprint density at radius 1 is 1.09 bits per heavy atom. The number of nitrogens with one attached hydrogen (secondary N) is 3. The largest absolute Gasteiger partial charge is 0.383 e. The summed E-state index contributed by atoms with van der Waals surface area (Å²) in [5.41, 5.74) is 2.08. The van der Waals surface area contributed by atoms with Gasteiger partial charge in [-0.1, -0.05) is 49.4 Å². The van der Waals surface area contributed by atoms with Crippen LogP contribution in [0.25, 0.3) is 0 Å². The topological polar surface area (TPSA) is 91.8 Å². The highest BCUT2D eigenvalue weighted by molar-refractivity contribution is 14.0. The molecule has 2 atom stereocenters. The minimum Gasteiger partial charge on any atom is -0.383 e. The number of nitrogens with zero attached hydrogens (tertiary/aromatic N) is 1. The predicted molar refractivity (Wildman–Crippen MR) is 141 cm³/mol. The minimum absolute atomic E-state index is 0. The molecule has 2 rings (SSSR count). The maximum atomic E-state index is 12.4. The maximum Gasteiger partial charge on any atom is 0.240 e. The smallest absolute Gasteiger partial charge is 0.240 e. The molecule has 0 fully saturated rings. The van der Waals surface area contributed by atoms with E-state index >= 15 is 0 Å². The van der Waals surface area contributed by atoms with Crippen LogP contribution in [0.15, 0.2) is 64.5 Å². The van der Waals surface area contributed by atoms with Crippen molar-refractivity contribution in [3.63, 3.8) is 0 Å². The summed E-state index contributed by atoms with van der Waals surface area (Å²) >= 11 is 0. The number of rotatable bonds is 11. The van der Waals surface area contributed by atoms with E-state index in [1.165, 1.54) is 12.7 Å². The van der Waals surface area contributed by atoms with E-state index in [0.717, 1.165) is 12.1 Å². The fourth-order valence-electron chi connectivity index (χ4n) is 3.05. The predicted octanol–water partition coefficient (Wildman–Crippen LogP) is 3.48. The highest BCUT2D eigenvalue weighted by atomic mass is 127. The Kier molecular flexibility index (Phi) is 12.8. The van der Waals surface area contributed by atoms with Gasteiger partial charge in [-0.2, -0.15) is 0 Å². The van der Waals surface area contributed by atoms with Crippen LogP contribution in [0.2, 0.25) is 0 Å². The summed E-state index contributed by atoms with van der Waals surface area (Å²) in [6.45, 7) is 7.97. The summed E-state index contributed by atoms with van der Waals surface area (Å²) in [6.07, 6.45) is 0. The van der Waals surface area contributed by atoms with E-state index < -0.39 is 10.0 Å². The van der Waals surface area contributed by atoms with E-state index in [4.69, 9.17) is 4.74 Å². The molecule has 0 spiro atoms. The molecule has 32 heavy (non-hydrogen) atoms. The summed E-state index contributed by atoms with van der Waals surface area (Å²) in [5, 5.41) is 6.72. The molecular formula is C23H35IN4O3S.